The standard InChI is InChI=1S/C19H24F2O2/c1-3-7-12-8-5-6-9-14(12)15-10-13-11-16(22-4-2)17(20)18(21)19(13)23-15/h10-12,14H,3-9H2,1-2H3. The lowest BCUT2D eigenvalue weighted by molar-refractivity contribution is 0.260. The predicted molar refractivity (Wildman–Crippen MR) is 86.9 cm³/mol. The molecule has 0 aliphatic heterocycles. The van der Waals surface area contributed by atoms with Gasteiger partial charge in [-0.3, -0.25) is 0 Å². The van der Waals surface area contributed by atoms with Gasteiger partial charge in [0.05, 0.1) is 6.61 Å². The zero-order valence-corrected chi connectivity index (χ0v) is 13.8. The molecule has 1 aliphatic rings. The van der Waals surface area contributed by atoms with Crippen molar-refractivity contribution in [2.45, 2.75) is 58.3 Å². The second-order valence-corrected chi connectivity index (χ2v) is 6.44. The number of hydrogen-bond acceptors (Lipinski definition) is 2. The normalized spacial score (nSPS) is 21.7. The zero-order chi connectivity index (χ0) is 16.4. The van der Waals surface area contributed by atoms with Gasteiger partial charge < -0.3 is 9.15 Å². The van der Waals surface area contributed by atoms with Crippen LogP contribution in [-0.2, 0) is 0 Å². The van der Waals surface area contributed by atoms with Gasteiger partial charge in [-0.25, -0.2) is 0 Å². The van der Waals surface area contributed by atoms with Crippen LogP contribution >= 0.6 is 0 Å². The summed E-state index contributed by atoms with van der Waals surface area (Å²) in [6, 6.07) is 3.42. The van der Waals surface area contributed by atoms with E-state index in [1.54, 1.807) is 13.0 Å². The van der Waals surface area contributed by atoms with Crippen molar-refractivity contribution in [3.05, 3.63) is 29.5 Å². The number of rotatable bonds is 5. The summed E-state index contributed by atoms with van der Waals surface area (Å²) < 4.78 is 39.2. The molecule has 1 heterocycles. The lowest BCUT2D eigenvalue weighted by Crippen LogP contribution is -2.17. The van der Waals surface area contributed by atoms with Crippen LogP contribution in [0, 0.1) is 17.6 Å². The molecule has 4 heteroatoms. The Hall–Kier alpha value is -1.58. The molecule has 23 heavy (non-hydrogen) atoms. The van der Waals surface area contributed by atoms with E-state index in [4.69, 9.17) is 9.15 Å². The molecule has 1 aliphatic carbocycles. The fourth-order valence-corrected chi connectivity index (χ4v) is 3.86. The summed E-state index contributed by atoms with van der Waals surface area (Å²) in [6.45, 7) is 4.24. The van der Waals surface area contributed by atoms with E-state index in [2.05, 4.69) is 6.92 Å². The Bertz CT molecular complexity index is 676. The molecular formula is C19H24F2O2. The van der Waals surface area contributed by atoms with Crippen molar-refractivity contribution in [1.82, 2.24) is 0 Å². The van der Waals surface area contributed by atoms with Gasteiger partial charge in [-0.2, -0.15) is 8.78 Å². The van der Waals surface area contributed by atoms with E-state index in [-0.39, 0.29) is 11.3 Å². The third-order valence-electron chi connectivity index (χ3n) is 4.91. The van der Waals surface area contributed by atoms with Gasteiger partial charge >= 0.3 is 0 Å². The quantitative estimate of drug-likeness (QED) is 0.655. The van der Waals surface area contributed by atoms with Crippen LogP contribution in [0.5, 0.6) is 5.75 Å². The number of hydrogen-bond donors (Lipinski definition) is 0. The molecule has 1 fully saturated rings. The van der Waals surface area contributed by atoms with Crippen molar-refractivity contribution in [2.24, 2.45) is 5.92 Å². The Morgan fingerprint density at radius 2 is 1.91 bits per heavy atom. The first-order valence-electron chi connectivity index (χ1n) is 8.69. The Kier molecular flexibility index (Phi) is 4.88. The lowest BCUT2D eigenvalue weighted by atomic mass is 9.76. The van der Waals surface area contributed by atoms with Crippen LogP contribution in [0.2, 0.25) is 0 Å². The Morgan fingerprint density at radius 1 is 1.13 bits per heavy atom. The maximum absolute atomic E-state index is 14.3. The molecular weight excluding hydrogens is 298 g/mol. The van der Waals surface area contributed by atoms with Crippen molar-refractivity contribution in [1.29, 1.82) is 0 Å². The molecule has 0 N–H and O–H groups in total. The largest absolute Gasteiger partial charge is 0.491 e. The SMILES string of the molecule is CCCC1CCCCC1c1cc2cc(OCC)c(F)c(F)c2o1. The van der Waals surface area contributed by atoms with Crippen LogP contribution in [0.3, 0.4) is 0 Å². The third kappa shape index (κ3) is 3.08. The van der Waals surface area contributed by atoms with Crippen molar-refractivity contribution in [3.63, 3.8) is 0 Å². The van der Waals surface area contributed by atoms with E-state index in [1.807, 2.05) is 6.07 Å². The van der Waals surface area contributed by atoms with Gasteiger partial charge in [-0.05, 0) is 37.8 Å². The van der Waals surface area contributed by atoms with Gasteiger partial charge in [-0.1, -0.05) is 32.6 Å². The molecule has 0 radical (unpaired) electrons. The average molecular weight is 322 g/mol. The topological polar surface area (TPSA) is 22.4 Å². The third-order valence-corrected chi connectivity index (χ3v) is 4.91. The summed E-state index contributed by atoms with van der Waals surface area (Å²) in [5.41, 5.74) is 0.0155. The maximum Gasteiger partial charge on any atom is 0.205 e. The fraction of sp³-hybridized carbons (Fsp3) is 0.579. The summed E-state index contributed by atoms with van der Waals surface area (Å²) in [6.07, 6.45) is 6.97. The molecule has 0 saturated heterocycles. The summed E-state index contributed by atoms with van der Waals surface area (Å²) in [5.74, 6) is -0.263. The molecule has 0 spiro atoms. The summed E-state index contributed by atoms with van der Waals surface area (Å²) in [7, 11) is 0. The fourth-order valence-electron chi connectivity index (χ4n) is 3.86. The molecule has 2 aromatic rings. The Balaban J connectivity index is 2.00. The minimum Gasteiger partial charge on any atom is -0.491 e. The van der Waals surface area contributed by atoms with E-state index in [0.29, 0.717) is 23.8 Å². The molecule has 1 aromatic carbocycles. The van der Waals surface area contributed by atoms with Crippen molar-refractivity contribution < 1.29 is 17.9 Å². The van der Waals surface area contributed by atoms with Gasteiger partial charge in [-0.15, -0.1) is 0 Å². The molecule has 1 saturated carbocycles. The van der Waals surface area contributed by atoms with Crippen LogP contribution in [0.15, 0.2) is 16.5 Å². The second-order valence-electron chi connectivity index (χ2n) is 6.44. The highest BCUT2D eigenvalue weighted by Gasteiger charge is 2.29. The number of fused-ring (bicyclic) bond motifs is 1. The number of halogens is 2. The van der Waals surface area contributed by atoms with Gasteiger partial charge in [0.2, 0.25) is 11.6 Å². The average Bonchev–Trinajstić information content (AvgIpc) is 2.97. The summed E-state index contributed by atoms with van der Waals surface area (Å²) in [5, 5.41) is 0.586. The first-order chi connectivity index (χ1) is 11.2. The Morgan fingerprint density at radius 3 is 2.65 bits per heavy atom. The van der Waals surface area contributed by atoms with E-state index >= 15 is 0 Å². The van der Waals surface area contributed by atoms with Gasteiger partial charge in [0.15, 0.2) is 11.3 Å². The van der Waals surface area contributed by atoms with Crippen LogP contribution < -0.4 is 4.74 Å². The highest BCUT2D eigenvalue weighted by atomic mass is 19.2. The lowest BCUT2D eigenvalue weighted by Gasteiger charge is -2.29. The van der Waals surface area contributed by atoms with Crippen molar-refractivity contribution >= 4 is 11.0 Å². The minimum atomic E-state index is -0.964. The first-order valence-corrected chi connectivity index (χ1v) is 8.69. The monoisotopic (exact) mass is 322 g/mol. The highest BCUT2D eigenvalue weighted by Crippen LogP contribution is 2.43. The molecule has 2 atom stereocenters. The molecule has 3 rings (SSSR count). The summed E-state index contributed by atoms with van der Waals surface area (Å²) >= 11 is 0. The molecule has 0 amide bonds. The number of ether oxygens (including phenoxy) is 1. The van der Waals surface area contributed by atoms with E-state index in [0.717, 1.165) is 25.0 Å². The second kappa shape index (κ2) is 6.90. The maximum atomic E-state index is 14.3. The van der Waals surface area contributed by atoms with Crippen molar-refractivity contribution in [3.8, 4) is 5.75 Å². The predicted octanol–water partition coefficient (Wildman–Crippen LogP) is 6.18. The van der Waals surface area contributed by atoms with Crippen LogP contribution in [0.25, 0.3) is 11.0 Å². The Labute approximate surface area is 135 Å². The zero-order valence-electron chi connectivity index (χ0n) is 13.8. The first kappa shape index (κ1) is 16.3. The molecule has 2 unspecified atom stereocenters. The van der Waals surface area contributed by atoms with Gasteiger partial charge in [0.1, 0.15) is 5.76 Å². The van der Waals surface area contributed by atoms with Crippen LogP contribution in [0.4, 0.5) is 8.78 Å². The smallest absolute Gasteiger partial charge is 0.205 e. The van der Waals surface area contributed by atoms with Crippen molar-refractivity contribution in [2.75, 3.05) is 6.61 Å². The van der Waals surface area contributed by atoms with E-state index < -0.39 is 11.6 Å². The molecule has 126 valence electrons. The molecule has 0 bridgehead atoms. The van der Waals surface area contributed by atoms with E-state index in [9.17, 15) is 8.78 Å². The van der Waals surface area contributed by atoms with Gasteiger partial charge in [0.25, 0.3) is 0 Å². The van der Waals surface area contributed by atoms with Gasteiger partial charge in [0, 0.05) is 11.3 Å². The van der Waals surface area contributed by atoms with Crippen LogP contribution in [-0.4, -0.2) is 6.61 Å². The number of benzene rings is 1. The molecule has 2 nitrogen and oxygen atoms in total. The molecule has 1 aromatic heterocycles. The number of furan rings is 1. The van der Waals surface area contributed by atoms with E-state index in [1.165, 1.54) is 19.3 Å². The van der Waals surface area contributed by atoms with Crippen LogP contribution in [0.1, 0.15) is 64.1 Å². The highest BCUT2D eigenvalue weighted by molar-refractivity contribution is 5.80. The summed E-state index contributed by atoms with van der Waals surface area (Å²) in [4.78, 5) is 0. The minimum absolute atomic E-state index is 0.0155.